The number of rotatable bonds is 7. The summed E-state index contributed by atoms with van der Waals surface area (Å²) in [5.41, 5.74) is -0.480. The Bertz CT molecular complexity index is 600. The lowest BCUT2D eigenvalue weighted by atomic mass is 10.3. The molecule has 1 aromatic rings. The maximum Gasteiger partial charge on any atom is 0.289 e. The van der Waals surface area contributed by atoms with Gasteiger partial charge in [0.15, 0.2) is 4.90 Å². The molecule has 1 rings (SSSR count). The molecule has 0 saturated heterocycles. The smallest absolute Gasteiger partial charge is 0.289 e. The van der Waals surface area contributed by atoms with E-state index in [0.29, 0.717) is 6.42 Å². The summed E-state index contributed by atoms with van der Waals surface area (Å²) in [6, 6.07) is 5.09. The summed E-state index contributed by atoms with van der Waals surface area (Å²) in [5, 5.41) is 13.2. The minimum atomic E-state index is -3.96. The number of nitro groups is 1. The van der Waals surface area contributed by atoms with Crippen LogP contribution >= 0.6 is 0 Å². The van der Waals surface area contributed by atoms with E-state index in [1.807, 2.05) is 0 Å². The van der Waals surface area contributed by atoms with Gasteiger partial charge in [0.2, 0.25) is 15.9 Å². The fourth-order valence-corrected chi connectivity index (χ4v) is 2.74. The first kappa shape index (κ1) is 16.1. The lowest BCUT2D eigenvalue weighted by Gasteiger charge is -2.06. The number of carbonyl (C=O) groups is 1. The second-order valence-corrected chi connectivity index (χ2v) is 5.63. The Morgan fingerprint density at radius 1 is 1.35 bits per heavy atom. The molecular formula is C11H15N3O5S. The monoisotopic (exact) mass is 301 g/mol. The predicted molar refractivity (Wildman–Crippen MR) is 71.6 cm³/mol. The molecule has 1 amide bonds. The van der Waals surface area contributed by atoms with Crippen LogP contribution in [0.15, 0.2) is 29.2 Å². The van der Waals surface area contributed by atoms with E-state index >= 15 is 0 Å². The maximum atomic E-state index is 12.0. The third kappa shape index (κ3) is 4.28. The summed E-state index contributed by atoms with van der Waals surface area (Å²) < 4.78 is 26.1. The summed E-state index contributed by atoms with van der Waals surface area (Å²) >= 11 is 0. The normalized spacial score (nSPS) is 11.1. The summed E-state index contributed by atoms with van der Waals surface area (Å²) in [6.07, 6.45) is 0.482. The molecule has 1 aromatic carbocycles. The molecule has 0 unspecified atom stereocenters. The van der Waals surface area contributed by atoms with Crippen molar-refractivity contribution in [2.45, 2.75) is 17.7 Å². The molecule has 0 atom stereocenters. The Labute approximate surface area is 116 Å². The van der Waals surface area contributed by atoms with E-state index in [4.69, 9.17) is 0 Å². The zero-order valence-electron chi connectivity index (χ0n) is 10.8. The highest BCUT2D eigenvalue weighted by Crippen LogP contribution is 2.22. The lowest BCUT2D eigenvalue weighted by molar-refractivity contribution is -0.387. The van der Waals surface area contributed by atoms with Crippen LogP contribution in [0.4, 0.5) is 5.69 Å². The average molecular weight is 301 g/mol. The Morgan fingerprint density at radius 3 is 2.60 bits per heavy atom. The first-order chi connectivity index (χ1) is 9.38. The topological polar surface area (TPSA) is 118 Å². The number of nitrogens with one attached hydrogen (secondary N) is 2. The van der Waals surface area contributed by atoms with Crippen molar-refractivity contribution in [2.24, 2.45) is 0 Å². The molecule has 0 aliphatic heterocycles. The van der Waals surface area contributed by atoms with Crippen LogP contribution < -0.4 is 10.0 Å². The zero-order valence-corrected chi connectivity index (χ0v) is 11.6. The fourth-order valence-electron chi connectivity index (χ4n) is 1.49. The number of hydrogen-bond acceptors (Lipinski definition) is 5. The van der Waals surface area contributed by atoms with Gasteiger partial charge in [0.25, 0.3) is 5.69 Å². The SMILES string of the molecule is CNC(=O)CCCNS(=O)(=O)c1ccccc1[N+](=O)[O-]. The minimum Gasteiger partial charge on any atom is -0.359 e. The van der Waals surface area contributed by atoms with Gasteiger partial charge in [0.05, 0.1) is 4.92 Å². The molecule has 110 valence electrons. The summed E-state index contributed by atoms with van der Waals surface area (Å²) in [5.74, 6) is -0.199. The van der Waals surface area contributed by atoms with Gasteiger partial charge >= 0.3 is 0 Å². The van der Waals surface area contributed by atoms with E-state index in [1.165, 1.54) is 25.2 Å². The number of nitro benzene ring substituents is 1. The maximum absolute atomic E-state index is 12.0. The molecule has 0 bridgehead atoms. The van der Waals surface area contributed by atoms with E-state index in [1.54, 1.807) is 0 Å². The molecule has 20 heavy (non-hydrogen) atoms. The Balaban J connectivity index is 2.75. The number of nitrogens with zero attached hydrogens (tertiary/aromatic N) is 1. The van der Waals surface area contributed by atoms with Gasteiger partial charge in [0, 0.05) is 26.1 Å². The van der Waals surface area contributed by atoms with E-state index < -0.39 is 20.6 Å². The molecule has 0 heterocycles. The third-order valence-electron chi connectivity index (χ3n) is 2.50. The number of hydrogen-bond donors (Lipinski definition) is 2. The standard InChI is InChI=1S/C11H15N3O5S/c1-12-11(15)7-4-8-13-20(18,19)10-6-3-2-5-9(10)14(16)17/h2-3,5-6,13H,4,7-8H2,1H3,(H,12,15). The van der Waals surface area contributed by atoms with Gasteiger partial charge in [0.1, 0.15) is 0 Å². The van der Waals surface area contributed by atoms with Crippen LogP contribution in [0.25, 0.3) is 0 Å². The second kappa shape index (κ2) is 6.96. The molecule has 0 spiro atoms. The highest BCUT2D eigenvalue weighted by atomic mass is 32.2. The highest BCUT2D eigenvalue weighted by Gasteiger charge is 2.24. The van der Waals surface area contributed by atoms with E-state index in [9.17, 15) is 23.3 Å². The molecule has 0 saturated carbocycles. The summed E-state index contributed by atoms with van der Waals surface area (Å²) in [4.78, 5) is 20.6. The first-order valence-electron chi connectivity index (χ1n) is 5.82. The van der Waals surface area contributed by atoms with Crippen LogP contribution in [0.2, 0.25) is 0 Å². The lowest BCUT2D eigenvalue weighted by Crippen LogP contribution is -2.27. The number of para-hydroxylation sites is 1. The molecule has 8 nitrogen and oxygen atoms in total. The van der Waals surface area contributed by atoms with Gasteiger partial charge in [-0.3, -0.25) is 14.9 Å². The van der Waals surface area contributed by atoms with E-state index in [2.05, 4.69) is 10.0 Å². The minimum absolute atomic E-state index is 0.0296. The van der Waals surface area contributed by atoms with Crippen molar-refractivity contribution in [3.05, 3.63) is 34.4 Å². The van der Waals surface area contributed by atoms with Crippen LogP contribution in [-0.4, -0.2) is 32.8 Å². The van der Waals surface area contributed by atoms with Gasteiger partial charge in [-0.2, -0.15) is 0 Å². The summed E-state index contributed by atoms with van der Waals surface area (Å²) in [6.45, 7) is 0.0296. The van der Waals surface area contributed by atoms with Crippen LogP contribution in [-0.2, 0) is 14.8 Å². The quantitative estimate of drug-likeness (QED) is 0.429. The van der Waals surface area contributed by atoms with Gasteiger partial charge in [-0.1, -0.05) is 12.1 Å². The number of amides is 1. The third-order valence-corrected chi connectivity index (χ3v) is 4.01. The first-order valence-corrected chi connectivity index (χ1v) is 7.30. The van der Waals surface area contributed by atoms with Crippen molar-refractivity contribution in [1.82, 2.24) is 10.0 Å². The van der Waals surface area contributed by atoms with Gasteiger partial charge < -0.3 is 5.32 Å². The van der Waals surface area contributed by atoms with Gasteiger partial charge in [-0.15, -0.1) is 0 Å². The van der Waals surface area contributed by atoms with Crippen LogP contribution in [0, 0.1) is 10.1 Å². The molecule has 2 N–H and O–H groups in total. The number of benzene rings is 1. The number of carbonyl (C=O) groups excluding carboxylic acids is 1. The van der Waals surface area contributed by atoms with Gasteiger partial charge in [-0.25, -0.2) is 13.1 Å². The zero-order chi connectivity index (χ0) is 15.2. The Hall–Kier alpha value is -2.00. The largest absolute Gasteiger partial charge is 0.359 e. The number of sulfonamides is 1. The van der Waals surface area contributed by atoms with Crippen molar-refractivity contribution >= 4 is 21.6 Å². The van der Waals surface area contributed by atoms with Crippen LogP contribution in [0.1, 0.15) is 12.8 Å². The van der Waals surface area contributed by atoms with Gasteiger partial charge in [-0.05, 0) is 12.5 Å². The fraction of sp³-hybridized carbons (Fsp3) is 0.364. The van der Waals surface area contributed by atoms with E-state index in [-0.39, 0.29) is 23.8 Å². The molecule has 0 aromatic heterocycles. The Kier molecular flexibility index (Phi) is 5.59. The molecular weight excluding hydrogens is 286 g/mol. The van der Waals surface area contributed by atoms with Crippen molar-refractivity contribution in [1.29, 1.82) is 0 Å². The predicted octanol–water partition coefficient (Wildman–Crippen LogP) is 0.399. The van der Waals surface area contributed by atoms with E-state index in [0.717, 1.165) is 6.07 Å². The van der Waals surface area contributed by atoms with Crippen molar-refractivity contribution < 1.29 is 18.1 Å². The highest BCUT2D eigenvalue weighted by molar-refractivity contribution is 7.89. The van der Waals surface area contributed by atoms with Crippen molar-refractivity contribution in [3.63, 3.8) is 0 Å². The second-order valence-electron chi connectivity index (χ2n) is 3.90. The molecule has 9 heteroatoms. The Morgan fingerprint density at radius 2 is 2.00 bits per heavy atom. The molecule has 0 fully saturated rings. The van der Waals surface area contributed by atoms with Crippen LogP contribution in [0.5, 0.6) is 0 Å². The average Bonchev–Trinajstić information content (AvgIpc) is 2.43. The van der Waals surface area contributed by atoms with Crippen LogP contribution in [0.3, 0.4) is 0 Å². The molecule has 0 aliphatic carbocycles. The van der Waals surface area contributed by atoms with Crippen molar-refractivity contribution in [2.75, 3.05) is 13.6 Å². The molecule has 0 radical (unpaired) electrons. The molecule has 0 aliphatic rings. The summed E-state index contributed by atoms with van der Waals surface area (Å²) in [7, 11) is -2.48. The van der Waals surface area contributed by atoms with Crippen molar-refractivity contribution in [3.8, 4) is 0 Å².